The van der Waals surface area contributed by atoms with Crippen molar-refractivity contribution in [1.82, 2.24) is 0 Å². The van der Waals surface area contributed by atoms with Gasteiger partial charge in [-0.1, -0.05) is 51.5 Å². The van der Waals surface area contributed by atoms with Crippen molar-refractivity contribution >= 4 is 0 Å². The van der Waals surface area contributed by atoms with Gasteiger partial charge in [-0.15, -0.1) is 0 Å². The zero-order valence-corrected chi connectivity index (χ0v) is 21.5. The molecule has 10 atom stereocenters. The van der Waals surface area contributed by atoms with Crippen LogP contribution in [0.25, 0.3) is 0 Å². The first-order valence-electron chi connectivity index (χ1n) is 13.4. The van der Waals surface area contributed by atoms with Crippen LogP contribution in [0.3, 0.4) is 0 Å². The van der Waals surface area contributed by atoms with Crippen molar-refractivity contribution in [3.05, 3.63) is 34.9 Å². The van der Waals surface area contributed by atoms with Gasteiger partial charge in [-0.05, 0) is 84.7 Å². The number of allylic oxidation sites excluding steroid dienone is 3. The maximum absolute atomic E-state index is 11.3. The van der Waals surface area contributed by atoms with Gasteiger partial charge in [0.2, 0.25) is 0 Å². The zero-order chi connectivity index (χ0) is 24.8. The normalized spacial score (nSPS) is 43.9. The second-order valence-electron chi connectivity index (χ2n) is 12.3. The van der Waals surface area contributed by atoms with Crippen molar-refractivity contribution in [3.8, 4) is 0 Å². The van der Waals surface area contributed by atoms with E-state index in [9.17, 15) is 25.5 Å². The molecule has 4 rings (SSSR count). The number of rotatable bonds is 7. The van der Waals surface area contributed by atoms with Crippen LogP contribution in [0.15, 0.2) is 34.9 Å². The van der Waals surface area contributed by atoms with E-state index in [-0.39, 0.29) is 59.9 Å². The van der Waals surface area contributed by atoms with E-state index in [2.05, 4.69) is 32.9 Å². The minimum Gasteiger partial charge on any atom is -0.396 e. The molecule has 0 amide bonds. The van der Waals surface area contributed by atoms with Crippen LogP contribution >= 0.6 is 0 Å². The summed E-state index contributed by atoms with van der Waals surface area (Å²) in [7, 11) is 0. The molecule has 34 heavy (non-hydrogen) atoms. The van der Waals surface area contributed by atoms with Crippen LogP contribution < -0.4 is 0 Å². The van der Waals surface area contributed by atoms with E-state index < -0.39 is 6.10 Å². The summed E-state index contributed by atoms with van der Waals surface area (Å²) in [5.41, 5.74) is 3.54. The van der Waals surface area contributed by atoms with Crippen LogP contribution in [0.4, 0.5) is 0 Å². The molecule has 0 aliphatic heterocycles. The van der Waals surface area contributed by atoms with E-state index >= 15 is 0 Å². The Morgan fingerprint density at radius 1 is 1.15 bits per heavy atom. The third-order valence-corrected chi connectivity index (χ3v) is 10.4. The van der Waals surface area contributed by atoms with Crippen LogP contribution in [0, 0.1) is 40.4 Å². The SMILES string of the molecule is CC(CO)C(=CCO)CCC(C)C1C(O)CC2C3=CC(O)C4CC(O)CCC4(C)C3=CCC21C. The standard InChI is InChI=1S/C29H46O5/c1-17(5-6-19(9-12-30)18(2)16-31)27-26(34)15-23-21-14-25(33)24-13-20(32)7-10-28(24,3)22(21)8-11-29(23,27)4/h8-9,14,17-18,20,23-27,30-34H,5-7,10-13,15-16H2,1-4H3. The Kier molecular flexibility index (Phi) is 7.53. The molecule has 0 bridgehead atoms. The van der Waals surface area contributed by atoms with E-state index in [4.69, 9.17) is 0 Å². The van der Waals surface area contributed by atoms with Gasteiger partial charge in [-0.25, -0.2) is 0 Å². The molecule has 0 radical (unpaired) electrons. The fourth-order valence-corrected chi connectivity index (χ4v) is 8.35. The van der Waals surface area contributed by atoms with Crippen LogP contribution in [0.1, 0.15) is 72.6 Å². The molecule has 5 heteroatoms. The molecule has 5 nitrogen and oxygen atoms in total. The van der Waals surface area contributed by atoms with E-state index in [1.165, 1.54) is 11.1 Å². The third kappa shape index (κ3) is 4.26. The number of aliphatic hydroxyl groups excluding tert-OH is 5. The monoisotopic (exact) mass is 474 g/mol. The summed E-state index contributed by atoms with van der Waals surface area (Å²) in [5.74, 6) is 0.787. The molecular formula is C29H46O5. The van der Waals surface area contributed by atoms with Gasteiger partial charge in [0.1, 0.15) is 0 Å². The van der Waals surface area contributed by atoms with Gasteiger partial charge in [-0.2, -0.15) is 0 Å². The topological polar surface area (TPSA) is 101 Å². The summed E-state index contributed by atoms with van der Waals surface area (Å²) in [5, 5.41) is 51.7. The molecule has 192 valence electrons. The van der Waals surface area contributed by atoms with Crippen molar-refractivity contribution in [3.63, 3.8) is 0 Å². The first-order chi connectivity index (χ1) is 16.1. The Balaban J connectivity index is 1.58. The predicted octanol–water partition coefficient (Wildman–Crippen LogP) is 3.75. The average molecular weight is 475 g/mol. The van der Waals surface area contributed by atoms with E-state index in [1.807, 2.05) is 13.0 Å². The fourth-order valence-electron chi connectivity index (χ4n) is 8.35. The summed E-state index contributed by atoms with van der Waals surface area (Å²) in [6.07, 6.45) is 10.8. The maximum atomic E-state index is 11.3. The van der Waals surface area contributed by atoms with Gasteiger partial charge >= 0.3 is 0 Å². The van der Waals surface area contributed by atoms with Crippen LogP contribution in [0.2, 0.25) is 0 Å². The lowest BCUT2D eigenvalue weighted by molar-refractivity contribution is -0.0240. The summed E-state index contributed by atoms with van der Waals surface area (Å²) in [6, 6.07) is 0. The van der Waals surface area contributed by atoms with Gasteiger partial charge < -0.3 is 25.5 Å². The fraction of sp³-hybridized carbons (Fsp3) is 0.793. The second kappa shape index (κ2) is 9.82. The minimum atomic E-state index is -0.547. The lowest BCUT2D eigenvalue weighted by Crippen LogP contribution is -2.49. The molecule has 2 saturated carbocycles. The van der Waals surface area contributed by atoms with E-state index in [1.54, 1.807) is 0 Å². The Bertz CT molecular complexity index is 845. The summed E-state index contributed by atoms with van der Waals surface area (Å²) in [4.78, 5) is 0. The number of hydrogen-bond acceptors (Lipinski definition) is 5. The number of fused-ring (bicyclic) bond motifs is 5. The summed E-state index contributed by atoms with van der Waals surface area (Å²) < 4.78 is 0. The number of aliphatic hydroxyl groups is 5. The van der Waals surface area contributed by atoms with Crippen LogP contribution in [-0.4, -0.2) is 57.1 Å². The lowest BCUT2D eigenvalue weighted by atomic mass is 9.51. The molecule has 0 heterocycles. The van der Waals surface area contributed by atoms with Gasteiger partial charge in [0, 0.05) is 18.4 Å². The van der Waals surface area contributed by atoms with E-state index in [0.29, 0.717) is 12.3 Å². The second-order valence-corrected chi connectivity index (χ2v) is 12.3. The quantitative estimate of drug-likeness (QED) is 0.362. The summed E-state index contributed by atoms with van der Waals surface area (Å²) in [6.45, 7) is 8.89. The average Bonchev–Trinajstić information content (AvgIpc) is 3.07. The largest absolute Gasteiger partial charge is 0.396 e. The van der Waals surface area contributed by atoms with Crippen molar-refractivity contribution in [2.24, 2.45) is 40.4 Å². The molecule has 0 aromatic rings. The van der Waals surface area contributed by atoms with Crippen molar-refractivity contribution in [2.45, 2.75) is 91.0 Å². The first kappa shape index (κ1) is 26.1. The Morgan fingerprint density at radius 3 is 2.56 bits per heavy atom. The highest BCUT2D eigenvalue weighted by atomic mass is 16.3. The first-order valence-corrected chi connectivity index (χ1v) is 13.4. The molecule has 0 spiro atoms. The molecule has 10 unspecified atom stereocenters. The van der Waals surface area contributed by atoms with Crippen molar-refractivity contribution in [1.29, 1.82) is 0 Å². The predicted molar refractivity (Wildman–Crippen MR) is 134 cm³/mol. The van der Waals surface area contributed by atoms with Gasteiger partial charge in [-0.3, -0.25) is 0 Å². The van der Waals surface area contributed by atoms with Gasteiger partial charge in [0.25, 0.3) is 0 Å². The molecule has 0 aromatic carbocycles. The van der Waals surface area contributed by atoms with Gasteiger partial charge in [0.15, 0.2) is 0 Å². The highest BCUT2D eigenvalue weighted by Gasteiger charge is 2.59. The minimum absolute atomic E-state index is 0.0132. The Labute approximate surface area is 205 Å². The highest BCUT2D eigenvalue weighted by molar-refractivity contribution is 5.48. The van der Waals surface area contributed by atoms with Crippen LogP contribution in [0.5, 0.6) is 0 Å². The highest BCUT2D eigenvalue weighted by Crippen LogP contribution is 2.65. The van der Waals surface area contributed by atoms with Crippen LogP contribution in [-0.2, 0) is 0 Å². The Morgan fingerprint density at radius 2 is 1.88 bits per heavy atom. The molecule has 5 N–H and O–H groups in total. The zero-order valence-electron chi connectivity index (χ0n) is 21.5. The number of hydrogen-bond donors (Lipinski definition) is 5. The molecule has 2 fully saturated rings. The van der Waals surface area contributed by atoms with Gasteiger partial charge in [0.05, 0.1) is 24.9 Å². The summed E-state index contributed by atoms with van der Waals surface area (Å²) >= 11 is 0. The molecular weight excluding hydrogens is 428 g/mol. The van der Waals surface area contributed by atoms with E-state index in [0.717, 1.165) is 44.1 Å². The smallest absolute Gasteiger partial charge is 0.0764 e. The lowest BCUT2D eigenvalue weighted by Gasteiger charge is -2.54. The molecule has 4 aliphatic rings. The molecule has 4 aliphatic carbocycles. The van der Waals surface area contributed by atoms with Crippen molar-refractivity contribution in [2.75, 3.05) is 13.2 Å². The molecule has 0 aromatic heterocycles. The Hall–Kier alpha value is -0.980. The molecule has 0 saturated heterocycles. The third-order valence-electron chi connectivity index (χ3n) is 10.4. The maximum Gasteiger partial charge on any atom is 0.0764 e. The van der Waals surface area contributed by atoms with Crippen molar-refractivity contribution < 1.29 is 25.5 Å².